The molecular formula is C47H58F2N12O4. The Kier molecular flexibility index (Phi) is 12.6. The van der Waals surface area contributed by atoms with Crippen LogP contribution in [0, 0.1) is 17.6 Å². The Morgan fingerprint density at radius 1 is 0.892 bits per heavy atom. The molecule has 4 aromatic heterocycles. The second kappa shape index (κ2) is 18.5. The van der Waals surface area contributed by atoms with E-state index in [1.165, 1.54) is 18.5 Å². The van der Waals surface area contributed by atoms with Crippen LogP contribution < -0.4 is 16.4 Å². The number of unbranched alkanes of at least 4 members (excludes halogenated alkanes) is 2. The van der Waals surface area contributed by atoms with Gasteiger partial charge in [0, 0.05) is 62.0 Å². The first-order valence-corrected chi connectivity index (χ1v) is 23.2. The number of hydrogen-bond acceptors (Lipinski definition) is 13. The maximum Gasteiger partial charge on any atom is 0.249 e. The van der Waals surface area contributed by atoms with E-state index in [9.17, 15) is 14.4 Å². The minimum atomic E-state index is -0.712. The van der Waals surface area contributed by atoms with Gasteiger partial charge in [-0.15, -0.1) is 0 Å². The SMILES string of the molecule is CC(C)(C)n1nc(-c2noc(C3CC3)c2-c2ncc(CCCCCC(=O)N3CCC(CN4CCC(c5c(F)cc(NC6CCC(=O)NC6=O)cc5F)CC4)CC3)cn2)c2c(N)ncnc21. The number of anilines is 2. The number of aryl methyl sites for hydroxylation is 1. The zero-order valence-electron chi connectivity index (χ0n) is 37.4. The van der Waals surface area contributed by atoms with Crippen LogP contribution in [0.4, 0.5) is 20.3 Å². The van der Waals surface area contributed by atoms with E-state index in [1.807, 2.05) is 22.0 Å². The molecule has 5 aromatic rings. The molecule has 9 rings (SSSR count). The molecule has 4 N–H and O–H groups in total. The molecule has 7 heterocycles. The average Bonchev–Trinajstić information content (AvgIpc) is 3.90. The van der Waals surface area contributed by atoms with Crippen LogP contribution in [0.1, 0.15) is 127 Å². The summed E-state index contributed by atoms with van der Waals surface area (Å²) in [6, 6.07) is 1.79. The van der Waals surface area contributed by atoms with Gasteiger partial charge in [-0.2, -0.15) is 5.10 Å². The standard InChI is InChI=1S/C47H58F2N12O4/c1-47(2,3)61-45-39(43(50)53-26-54-45)40(57-61)41-38(42(65-58-41)30-9-10-30)44-51-23-28(24-52-44)7-5-4-6-8-36(63)60-19-13-27(14-20-60)25-59-17-15-29(16-18-59)37-32(48)21-31(22-33(37)49)55-34-11-12-35(62)56-46(34)64/h21-24,26-27,29-30,34,55H,4-20,25H2,1-3H3,(H2,50,53,54)(H,56,62,64). The minimum absolute atomic E-state index is 0.104. The number of fused-ring (bicyclic) bond motifs is 1. The zero-order chi connectivity index (χ0) is 45.4. The van der Waals surface area contributed by atoms with Crippen LogP contribution in [-0.2, 0) is 26.3 Å². The molecule has 3 aliphatic heterocycles. The molecule has 3 amide bonds. The molecule has 65 heavy (non-hydrogen) atoms. The molecule has 0 spiro atoms. The van der Waals surface area contributed by atoms with Gasteiger partial charge in [-0.25, -0.2) is 33.4 Å². The Labute approximate surface area is 376 Å². The van der Waals surface area contributed by atoms with Gasteiger partial charge >= 0.3 is 0 Å². The quantitative estimate of drug-likeness (QED) is 0.0771. The van der Waals surface area contributed by atoms with Crippen molar-refractivity contribution in [2.45, 2.75) is 128 Å². The number of nitrogen functional groups attached to an aromatic ring is 1. The number of amides is 3. The van der Waals surface area contributed by atoms with Crippen molar-refractivity contribution in [3.63, 3.8) is 0 Å². The van der Waals surface area contributed by atoms with E-state index < -0.39 is 23.6 Å². The first-order chi connectivity index (χ1) is 31.3. The number of carbonyl (C=O) groups excluding carboxylic acids is 3. The van der Waals surface area contributed by atoms with Gasteiger partial charge in [-0.1, -0.05) is 11.6 Å². The number of piperidine rings is 3. The summed E-state index contributed by atoms with van der Waals surface area (Å²) in [7, 11) is 0. The van der Waals surface area contributed by atoms with Gasteiger partial charge in [0.25, 0.3) is 0 Å². The van der Waals surface area contributed by atoms with E-state index >= 15 is 8.78 Å². The van der Waals surface area contributed by atoms with Crippen molar-refractivity contribution >= 4 is 40.3 Å². The van der Waals surface area contributed by atoms with Gasteiger partial charge in [0.15, 0.2) is 17.2 Å². The highest BCUT2D eigenvalue weighted by atomic mass is 19.1. The van der Waals surface area contributed by atoms with Gasteiger partial charge in [0.1, 0.15) is 41.2 Å². The highest BCUT2D eigenvalue weighted by Crippen LogP contribution is 2.48. The summed E-state index contributed by atoms with van der Waals surface area (Å²) in [5, 5.41) is 15.2. The maximum absolute atomic E-state index is 15.3. The van der Waals surface area contributed by atoms with Crippen molar-refractivity contribution in [2.24, 2.45) is 5.92 Å². The molecule has 1 aliphatic carbocycles. The van der Waals surface area contributed by atoms with Crippen molar-refractivity contribution in [1.29, 1.82) is 0 Å². The maximum atomic E-state index is 15.3. The Balaban J connectivity index is 0.705. The summed E-state index contributed by atoms with van der Waals surface area (Å²) >= 11 is 0. The van der Waals surface area contributed by atoms with Crippen LogP contribution in [0.3, 0.4) is 0 Å². The summed E-state index contributed by atoms with van der Waals surface area (Å²) in [5.74, 6) is 0.253. The number of nitrogens with one attached hydrogen (secondary N) is 2. The van der Waals surface area contributed by atoms with Crippen molar-refractivity contribution < 1.29 is 27.7 Å². The molecule has 3 saturated heterocycles. The van der Waals surface area contributed by atoms with Crippen LogP contribution in [0.15, 0.2) is 35.4 Å². The molecular weight excluding hydrogens is 835 g/mol. The lowest BCUT2D eigenvalue weighted by Crippen LogP contribution is -2.47. The Morgan fingerprint density at radius 2 is 1.62 bits per heavy atom. The normalized spacial score (nSPS) is 19.3. The predicted molar refractivity (Wildman–Crippen MR) is 239 cm³/mol. The zero-order valence-corrected chi connectivity index (χ0v) is 37.4. The number of halogens is 2. The van der Waals surface area contributed by atoms with Crippen LogP contribution in [0.25, 0.3) is 33.8 Å². The Morgan fingerprint density at radius 3 is 2.29 bits per heavy atom. The number of imide groups is 1. The fraction of sp³-hybridized carbons (Fsp3) is 0.553. The van der Waals surface area contributed by atoms with Crippen LogP contribution in [-0.4, -0.2) is 101 Å². The lowest BCUT2D eigenvalue weighted by Gasteiger charge is -2.38. The third-order valence-electron chi connectivity index (χ3n) is 13.4. The molecule has 16 nitrogen and oxygen atoms in total. The second-order valence-electron chi connectivity index (χ2n) is 19.3. The van der Waals surface area contributed by atoms with Crippen molar-refractivity contribution in [3.8, 4) is 22.8 Å². The molecule has 18 heteroatoms. The predicted octanol–water partition coefficient (Wildman–Crippen LogP) is 6.87. The summed E-state index contributed by atoms with van der Waals surface area (Å²) in [4.78, 5) is 59.5. The number of aromatic nitrogens is 7. The fourth-order valence-corrected chi connectivity index (χ4v) is 9.69. The molecule has 1 aromatic carbocycles. The summed E-state index contributed by atoms with van der Waals surface area (Å²) in [6.07, 6.45) is 14.8. The third kappa shape index (κ3) is 9.72. The molecule has 344 valence electrons. The van der Waals surface area contributed by atoms with E-state index in [1.54, 1.807) is 0 Å². The molecule has 4 aliphatic rings. The Bertz CT molecular complexity index is 2530. The number of hydrogen-bond donors (Lipinski definition) is 3. The lowest BCUT2D eigenvalue weighted by atomic mass is 9.87. The Hall–Kier alpha value is -5.91. The average molecular weight is 893 g/mol. The number of likely N-dealkylation sites (tertiary alicyclic amines) is 2. The summed E-state index contributed by atoms with van der Waals surface area (Å²) in [5.41, 5.74) is 9.76. The summed E-state index contributed by atoms with van der Waals surface area (Å²) < 4.78 is 38.3. The van der Waals surface area contributed by atoms with Gasteiger partial charge in [0.05, 0.1) is 16.5 Å². The number of nitrogens with zero attached hydrogens (tertiary/aromatic N) is 9. The van der Waals surface area contributed by atoms with E-state index in [4.69, 9.17) is 25.3 Å². The molecule has 1 saturated carbocycles. The van der Waals surface area contributed by atoms with Gasteiger partial charge < -0.3 is 25.4 Å². The third-order valence-corrected chi connectivity index (χ3v) is 13.4. The molecule has 1 unspecified atom stereocenters. The lowest BCUT2D eigenvalue weighted by molar-refractivity contribution is -0.134. The van der Waals surface area contributed by atoms with Crippen LogP contribution >= 0.6 is 0 Å². The van der Waals surface area contributed by atoms with Gasteiger partial charge in [-0.3, -0.25) is 19.7 Å². The van der Waals surface area contributed by atoms with E-state index in [0.29, 0.717) is 59.2 Å². The molecule has 4 fully saturated rings. The van der Waals surface area contributed by atoms with Gasteiger partial charge in [-0.05, 0) is 128 Å². The molecule has 0 bridgehead atoms. The van der Waals surface area contributed by atoms with Crippen molar-refractivity contribution in [3.05, 3.63) is 59.4 Å². The number of benzene rings is 1. The second-order valence-corrected chi connectivity index (χ2v) is 19.3. The number of carbonyl (C=O) groups is 3. The topological polar surface area (TPSA) is 203 Å². The number of rotatable bonds is 14. The van der Waals surface area contributed by atoms with E-state index in [-0.39, 0.29) is 53.3 Å². The summed E-state index contributed by atoms with van der Waals surface area (Å²) in [6.45, 7) is 10.1. The van der Waals surface area contributed by atoms with E-state index in [0.717, 1.165) is 101 Å². The largest absolute Gasteiger partial charge is 0.383 e. The van der Waals surface area contributed by atoms with Crippen molar-refractivity contribution in [2.75, 3.05) is 43.8 Å². The number of nitrogens with two attached hydrogens (primary N) is 1. The van der Waals surface area contributed by atoms with Gasteiger partial charge in [0.2, 0.25) is 17.7 Å². The van der Waals surface area contributed by atoms with Crippen molar-refractivity contribution in [1.82, 2.24) is 50.0 Å². The molecule has 0 radical (unpaired) electrons. The molecule has 1 atom stereocenters. The first kappa shape index (κ1) is 44.3. The van der Waals surface area contributed by atoms with E-state index in [2.05, 4.69) is 51.4 Å². The minimum Gasteiger partial charge on any atom is -0.383 e. The highest BCUT2D eigenvalue weighted by Gasteiger charge is 2.37. The highest BCUT2D eigenvalue weighted by molar-refractivity contribution is 6.02. The smallest absolute Gasteiger partial charge is 0.249 e. The van der Waals surface area contributed by atoms with Crippen LogP contribution in [0.2, 0.25) is 0 Å². The first-order valence-electron chi connectivity index (χ1n) is 23.2. The monoisotopic (exact) mass is 892 g/mol. The van der Waals surface area contributed by atoms with Crippen LogP contribution in [0.5, 0.6) is 0 Å². The fourth-order valence-electron chi connectivity index (χ4n) is 9.69.